The van der Waals surface area contributed by atoms with Crippen LogP contribution in [0.1, 0.15) is 18.4 Å². The zero-order chi connectivity index (χ0) is 12.5. The fourth-order valence-corrected chi connectivity index (χ4v) is 1.53. The van der Waals surface area contributed by atoms with Crippen molar-refractivity contribution in [1.82, 2.24) is 4.90 Å². The van der Waals surface area contributed by atoms with E-state index in [1.54, 1.807) is 4.90 Å². The first-order chi connectivity index (χ1) is 8.27. The minimum Gasteiger partial charge on any atom is -0.330 e. The number of nitriles is 1. The molecule has 0 aliphatic carbocycles. The van der Waals surface area contributed by atoms with Crippen molar-refractivity contribution in [3.63, 3.8) is 0 Å². The molecule has 1 amide bonds. The Bertz CT molecular complexity index is 383. The second kappa shape index (κ2) is 7.42. The van der Waals surface area contributed by atoms with Gasteiger partial charge in [0.15, 0.2) is 0 Å². The lowest BCUT2D eigenvalue weighted by molar-refractivity contribution is -0.131. The molecule has 0 aliphatic rings. The third-order valence-electron chi connectivity index (χ3n) is 2.43. The third kappa shape index (κ3) is 4.66. The van der Waals surface area contributed by atoms with Gasteiger partial charge in [-0.05, 0) is 18.5 Å². The third-order valence-corrected chi connectivity index (χ3v) is 2.43. The van der Waals surface area contributed by atoms with Gasteiger partial charge in [0.05, 0.1) is 6.07 Å². The lowest BCUT2D eigenvalue weighted by Gasteiger charge is -2.19. The Morgan fingerprint density at radius 2 is 2.06 bits per heavy atom. The molecule has 0 radical (unpaired) electrons. The summed E-state index contributed by atoms with van der Waals surface area (Å²) in [5.41, 5.74) is 6.40. The molecule has 0 heterocycles. The predicted molar refractivity (Wildman–Crippen MR) is 65.8 cm³/mol. The van der Waals surface area contributed by atoms with E-state index in [0.29, 0.717) is 25.9 Å². The van der Waals surface area contributed by atoms with Crippen molar-refractivity contribution in [2.45, 2.75) is 19.4 Å². The van der Waals surface area contributed by atoms with E-state index in [-0.39, 0.29) is 12.5 Å². The normalized spacial score (nSPS) is 9.65. The molecule has 0 aromatic heterocycles. The largest absolute Gasteiger partial charge is 0.330 e. The number of amides is 1. The molecule has 0 saturated heterocycles. The van der Waals surface area contributed by atoms with Crippen LogP contribution in [0, 0.1) is 11.3 Å². The van der Waals surface area contributed by atoms with E-state index in [4.69, 9.17) is 11.0 Å². The van der Waals surface area contributed by atoms with Crippen LogP contribution in [-0.4, -0.2) is 23.9 Å². The second-order valence-electron chi connectivity index (χ2n) is 3.79. The minimum absolute atomic E-state index is 0.0131. The molecule has 0 spiro atoms. The molecule has 4 nitrogen and oxygen atoms in total. The molecule has 1 rings (SSSR count). The van der Waals surface area contributed by atoms with Crippen molar-refractivity contribution in [2.24, 2.45) is 5.73 Å². The molecule has 1 aromatic carbocycles. The summed E-state index contributed by atoms with van der Waals surface area (Å²) in [5.74, 6) is -0.0131. The van der Waals surface area contributed by atoms with Crippen molar-refractivity contribution in [1.29, 1.82) is 5.26 Å². The highest BCUT2D eigenvalue weighted by atomic mass is 16.2. The Kier molecular flexibility index (Phi) is 5.76. The fourth-order valence-electron chi connectivity index (χ4n) is 1.53. The molecule has 0 saturated carbocycles. The summed E-state index contributed by atoms with van der Waals surface area (Å²) in [4.78, 5) is 13.4. The number of nitrogens with two attached hydrogens (primary N) is 1. The van der Waals surface area contributed by atoms with Gasteiger partial charge in [-0.15, -0.1) is 0 Å². The summed E-state index contributed by atoms with van der Waals surface area (Å²) < 4.78 is 0. The summed E-state index contributed by atoms with van der Waals surface area (Å²) in [6, 6.07) is 11.7. The standard InChI is InChI=1S/C13H17N3O/c14-8-4-7-13(17)16(10-9-15)11-12-5-2-1-3-6-12/h1-3,5-6H,4,7-8,10-11,14H2. The Morgan fingerprint density at radius 1 is 1.35 bits per heavy atom. The molecule has 0 fully saturated rings. The molecule has 0 bridgehead atoms. The number of benzene rings is 1. The lowest BCUT2D eigenvalue weighted by atomic mass is 10.2. The van der Waals surface area contributed by atoms with E-state index in [1.807, 2.05) is 36.4 Å². The van der Waals surface area contributed by atoms with Crippen LogP contribution in [0.4, 0.5) is 0 Å². The summed E-state index contributed by atoms with van der Waals surface area (Å²) in [5, 5.41) is 8.72. The first-order valence-corrected chi connectivity index (χ1v) is 5.66. The quantitative estimate of drug-likeness (QED) is 0.750. The van der Waals surface area contributed by atoms with Crippen LogP contribution in [0.25, 0.3) is 0 Å². The number of hydrogen-bond acceptors (Lipinski definition) is 3. The summed E-state index contributed by atoms with van der Waals surface area (Å²) in [7, 11) is 0. The van der Waals surface area contributed by atoms with E-state index in [9.17, 15) is 4.79 Å². The molecule has 0 unspecified atom stereocenters. The highest BCUT2D eigenvalue weighted by molar-refractivity contribution is 5.76. The average molecular weight is 231 g/mol. The highest BCUT2D eigenvalue weighted by Gasteiger charge is 2.12. The molecule has 4 heteroatoms. The first kappa shape index (κ1) is 13.2. The van der Waals surface area contributed by atoms with Crippen LogP contribution >= 0.6 is 0 Å². The van der Waals surface area contributed by atoms with Crippen LogP contribution in [0.2, 0.25) is 0 Å². The van der Waals surface area contributed by atoms with Crippen molar-refractivity contribution < 1.29 is 4.79 Å². The van der Waals surface area contributed by atoms with E-state index < -0.39 is 0 Å². The van der Waals surface area contributed by atoms with Crippen molar-refractivity contribution in [3.05, 3.63) is 35.9 Å². The van der Waals surface area contributed by atoms with Gasteiger partial charge in [-0.3, -0.25) is 4.79 Å². The summed E-state index contributed by atoms with van der Waals surface area (Å²) >= 11 is 0. The SMILES string of the molecule is N#CCN(Cc1ccccc1)C(=O)CCCN. The minimum atomic E-state index is -0.0131. The molecule has 0 aliphatic heterocycles. The van der Waals surface area contributed by atoms with Gasteiger partial charge in [0.2, 0.25) is 5.91 Å². The van der Waals surface area contributed by atoms with E-state index in [2.05, 4.69) is 0 Å². The molecule has 2 N–H and O–H groups in total. The Morgan fingerprint density at radius 3 is 2.65 bits per heavy atom. The number of carbonyl (C=O) groups excluding carboxylic acids is 1. The number of hydrogen-bond donors (Lipinski definition) is 1. The Hall–Kier alpha value is -1.86. The zero-order valence-corrected chi connectivity index (χ0v) is 9.80. The van der Waals surface area contributed by atoms with E-state index in [1.165, 1.54) is 0 Å². The van der Waals surface area contributed by atoms with Crippen LogP contribution in [0.3, 0.4) is 0 Å². The number of carbonyl (C=O) groups is 1. The first-order valence-electron chi connectivity index (χ1n) is 5.66. The molecule has 90 valence electrons. The van der Waals surface area contributed by atoms with Gasteiger partial charge in [0.25, 0.3) is 0 Å². The van der Waals surface area contributed by atoms with E-state index in [0.717, 1.165) is 5.56 Å². The molecular formula is C13H17N3O. The topological polar surface area (TPSA) is 70.1 Å². The molecule has 1 aromatic rings. The number of nitrogens with zero attached hydrogens (tertiary/aromatic N) is 2. The maximum absolute atomic E-state index is 11.8. The van der Waals surface area contributed by atoms with Crippen LogP contribution in [-0.2, 0) is 11.3 Å². The Labute approximate surface area is 102 Å². The summed E-state index contributed by atoms with van der Waals surface area (Å²) in [6.45, 7) is 1.10. The molecular weight excluding hydrogens is 214 g/mol. The van der Waals surface area contributed by atoms with Crippen molar-refractivity contribution in [2.75, 3.05) is 13.1 Å². The van der Waals surface area contributed by atoms with Crippen LogP contribution in [0.15, 0.2) is 30.3 Å². The van der Waals surface area contributed by atoms with Gasteiger partial charge in [-0.1, -0.05) is 30.3 Å². The monoisotopic (exact) mass is 231 g/mol. The maximum atomic E-state index is 11.8. The van der Waals surface area contributed by atoms with Gasteiger partial charge in [0, 0.05) is 13.0 Å². The van der Waals surface area contributed by atoms with Crippen LogP contribution in [0.5, 0.6) is 0 Å². The van der Waals surface area contributed by atoms with Gasteiger partial charge in [0.1, 0.15) is 6.54 Å². The van der Waals surface area contributed by atoms with Crippen molar-refractivity contribution >= 4 is 5.91 Å². The fraction of sp³-hybridized carbons (Fsp3) is 0.385. The van der Waals surface area contributed by atoms with Gasteiger partial charge < -0.3 is 10.6 Å². The maximum Gasteiger partial charge on any atom is 0.223 e. The zero-order valence-electron chi connectivity index (χ0n) is 9.80. The smallest absolute Gasteiger partial charge is 0.223 e. The average Bonchev–Trinajstić information content (AvgIpc) is 2.36. The predicted octanol–water partition coefficient (Wildman–Crippen LogP) is 1.28. The van der Waals surface area contributed by atoms with Gasteiger partial charge >= 0.3 is 0 Å². The molecule has 17 heavy (non-hydrogen) atoms. The highest BCUT2D eigenvalue weighted by Crippen LogP contribution is 2.06. The van der Waals surface area contributed by atoms with Gasteiger partial charge in [-0.2, -0.15) is 5.26 Å². The summed E-state index contributed by atoms with van der Waals surface area (Å²) in [6.07, 6.45) is 1.07. The van der Waals surface area contributed by atoms with Crippen molar-refractivity contribution in [3.8, 4) is 6.07 Å². The molecule has 0 atom stereocenters. The second-order valence-corrected chi connectivity index (χ2v) is 3.79. The Balaban J connectivity index is 2.60. The lowest BCUT2D eigenvalue weighted by Crippen LogP contribution is -2.31. The number of rotatable bonds is 6. The van der Waals surface area contributed by atoms with Gasteiger partial charge in [-0.25, -0.2) is 0 Å². The van der Waals surface area contributed by atoms with Crippen LogP contribution < -0.4 is 5.73 Å². The van der Waals surface area contributed by atoms with E-state index >= 15 is 0 Å².